The summed E-state index contributed by atoms with van der Waals surface area (Å²) in [5, 5.41) is 10.9. The third-order valence-electron chi connectivity index (χ3n) is 5.14. The van der Waals surface area contributed by atoms with E-state index < -0.39 is 29.1 Å². The third-order valence-corrected chi connectivity index (χ3v) is 7.92. The van der Waals surface area contributed by atoms with Gasteiger partial charge in [0.15, 0.2) is 0 Å². The number of hydrogen-bond acceptors (Lipinski definition) is 8. The quantitative estimate of drug-likeness (QED) is 0.237. The molecule has 174 valence electrons. The Morgan fingerprint density at radius 1 is 0.824 bits per heavy atom. The SMILES string of the molecule is O=C(O[C@@H]1CSC(Sc2ccc([N+](=O)[O-])cc2)C[C@H]1OC(=O)c1ccccc1)c1ccccc1. The molecule has 0 aliphatic carbocycles. The Kier molecular flexibility index (Phi) is 7.87. The van der Waals surface area contributed by atoms with E-state index in [9.17, 15) is 19.7 Å². The van der Waals surface area contributed by atoms with Crippen LogP contribution in [0.1, 0.15) is 27.1 Å². The van der Waals surface area contributed by atoms with E-state index in [4.69, 9.17) is 9.47 Å². The van der Waals surface area contributed by atoms with Gasteiger partial charge >= 0.3 is 11.9 Å². The van der Waals surface area contributed by atoms with E-state index in [2.05, 4.69) is 0 Å². The van der Waals surface area contributed by atoms with E-state index in [1.807, 2.05) is 12.1 Å². The number of ether oxygens (including phenoxy) is 2. The molecule has 1 aliphatic rings. The number of rotatable bonds is 7. The molecule has 9 heteroatoms. The molecular weight excluding hydrogens is 474 g/mol. The van der Waals surface area contributed by atoms with Crippen molar-refractivity contribution in [1.82, 2.24) is 0 Å². The van der Waals surface area contributed by atoms with Gasteiger partial charge in [0, 0.05) is 29.2 Å². The van der Waals surface area contributed by atoms with E-state index in [0.717, 1.165) is 4.90 Å². The summed E-state index contributed by atoms with van der Waals surface area (Å²) in [4.78, 5) is 36.7. The lowest BCUT2D eigenvalue weighted by atomic mass is 10.1. The number of carbonyl (C=O) groups excluding carboxylic acids is 2. The number of nitro groups is 1. The minimum atomic E-state index is -0.628. The Morgan fingerprint density at radius 2 is 1.35 bits per heavy atom. The van der Waals surface area contributed by atoms with Crippen molar-refractivity contribution in [3.63, 3.8) is 0 Å². The van der Waals surface area contributed by atoms with Crippen LogP contribution in [0.15, 0.2) is 89.8 Å². The first kappa shape index (κ1) is 23.8. The highest BCUT2D eigenvalue weighted by Gasteiger charge is 2.37. The van der Waals surface area contributed by atoms with Gasteiger partial charge in [0.2, 0.25) is 0 Å². The Morgan fingerprint density at radius 3 is 1.88 bits per heavy atom. The molecule has 1 aliphatic heterocycles. The summed E-state index contributed by atoms with van der Waals surface area (Å²) in [5.41, 5.74) is 0.889. The van der Waals surface area contributed by atoms with Crippen LogP contribution in [0.3, 0.4) is 0 Å². The van der Waals surface area contributed by atoms with Crippen LogP contribution in [-0.4, -0.2) is 39.4 Å². The summed E-state index contributed by atoms with van der Waals surface area (Å²) >= 11 is 3.14. The summed E-state index contributed by atoms with van der Waals surface area (Å²) in [7, 11) is 0. The largest absolute Gasteiger partial charge is 0.455 e. The Balaban J connectivity index is 1.47. The van der Waals surface area contributed by atoms with Crippen molar-refractivity contribution in [2.75, 3.05) is 5.75 Å². The molecule has 0 aromatic heterocycles. The fraction of sp³-hybridized carbons (Fsp3) is 0.200. The molecule has 1 heterocycles. The van der Waals surface area contributed by atoms with Crippen LogP contribution >= 0.6 is 23.5 Å². The molecule has 4 rings (SSSR count). The molecule has 34 heavy (non-hydrogen) atoms. The summed E-state index contributed by atoms with van der Waals surface area (Å²) < 4.78 is 11.6. The van der Waals surface area contributed by atoms with Gasteiger partial charge in [-0.15, -0.1) is 23.5 Å². The van der Waals surface area contributed by atoms with Crippen molar-refractivity contribution < 1.29 is 24.0 Å². The average Bonchev–Trinajstić information content (AvgIpc) is 2.87. The van der Waals surface area contributed by atoms with E-state index in [1.165, 1.54) is 23.9 Å². The minimum absolute atomic E-state index is 0.0155. The Hall–Kier alpha value is -3.30. The summed E-state index contributed by atoms with van der Waals surface area (Å²) in [6.07, 6.45) is -0.770. The molecule has 1 fully saturated rings. The van der Waals surface area contributed by atoms with Crippen LogP contribution in [0.4, 0.5) is 5.69 Å². The molecule has 1 unspecified atom stereocenters. The summed E-state index contributed by atoms with van der Waals surface area (Å²) in [5.74, 6) is -0.485. The standard InChI is InChI=1S/C25H21NO6S2/c27-24(17-7-3-1-4-8-17)31-21-15-23(34-20-13-11-19(12-14-20)26(29)30)33-16-22(21)32-25(28)18-9-5-2-6-10-18/h1-14,21-23H,15-16H2/t21-,22-,23?/m1/s1. The molecule has 0 spiro atoms. The number of nitro benzene ring substituents is 1. The van der Waals surface area contributed by atoms with Crippen molar-refractivity contribution in [2.45, 2.75) is 28.1 Å². The van der Waals surface area contributed by atoms with Gasteiger partial charge in [0.05, 0.1) is 20.6 Å². The first-order valence-electron chi connectivity index (χ1n) is 10.5. The first-order chi connectivity index (χ1) is 16.5. The highest BCUT2D eigenvalue weighted by molar-refractivity contribution is 8.17. The number of esters is 2. The van der Waals surface area contributed by atoms with E-state index in [-0.39, 0.29) is 10.3 Å². The van der Waals surface area contributed by atoms with Crippen LogP contribution in [0, 0.1) is 10.1 Å². The van der Waals surface area contributed by atoms with Crippen molar-refractivity contribution in [3.8, 4) is 0 Å². The monoisotopic (exact) mass is 495 g/mol. The zero-order chi connectivity index (χ0) is 23.9. The molecular formula is C25H21NO6S2. The second-order valence-corrected chi connectivity index (χ2v) is 10.3. The molecule has 0 bridgehead atoms. The fourth-order valence-electron chi connectivity index (χ4n) is 3.39. The van der Waals surface area contributed by atoms with Crippen molar-refractivity contribution >= 4 is 41.1 Å². The number of benzene rings is 3. The van der Waals surface area contributed by atoms with Crippen molar-refractivity contribution in [1.29, 1.82) is 0 Å². The zero-order valence-corrected chi connectivity index (χ0v) is 19.6. The average molecular weight is 496 g/mol. The molecule has 3 aromatic rings. The molecule has 7 nitrogen and oxygen atoms in total. The van der Waals surface area contributed by atoms with Gasteiger partial charge in [-0.3, -0.25) is 10.1 Å². The van der Waals surface area contributed by atoms with Crippen LogP contribution in [0.2, 0.25) is 0 Å². The maximum atomic E-state index is 12.7. The lowest BCUT2D eigenvalue weighted by Gasteiger charge is -2.34. The van der Waals surface area contributed by atoms with Gasteiger partial charge < -0.3 is 9.47 Å². The number of carbonyl (C=O) groups is 2. The Bertz CT molecular complexity index is 1140. The minimum Gasteiger partial charge on any atom is -0.455 e. The topological polar surface area (TPSA) is 95.7 Å². The molecule has 0 saturated carbocycles. The van der Waals surface area contributed by atoms with Gasteiger partial charge in [0.1, 0.15) is 12.2 Å². The first-order valence-corrected chi connectivity index (χ1v) is 12.5. The van der Waals surface area contributed by atoms with Gasteiger partial charge in [-0.05, 0) is 36.4 Å². The maximum Gasteiger partial charge on any atom is 0.338 e. The molecule has 0 amide bonds. The predicted octanol–water partition coefficient (Wildman–Crippen LogP) is 5.60. The third kappa shape index (κ3) is 6.18. The summed E-state index contributed by atoms with van der Waals surface area (Å²) in [6, 6.07) is 23.7. The molecule has 0 radical (unpaired) electrons. The van der Waals surface area contributed by atoms with Crippen LogP contribution in [0.25, 0.3) is 0 Å². The van der Waals surface area contributed by atoms with Gasteiger partial charge in [-0.2, -0.15) is 0 Å². The molecule has 3 atom stereocenters. The van der Waals surface area contributed by atoms with Gasteiger partial charge in [0.25, 0.3) is 5.69 Å². The normalized spacial score (nSPS) is 19.7. The van der Waals surface area contributed by atoms with Crippen molar-refractivity contribution in [2.24, 2.45) is 0 Å². The molecule has 3 aromatic carbocycles. The van der Waals surface area contributed by atoms with E-state index >= 15 is 0 Å². The summed E-state index contributed by atoms with van der Waals surface area (Å²) in [6.45, 7) is 0. The second-order valence-electron chi connectivity index (χ2n) is 7.49. The zero-order valence-electron chi connectivity index (χ0n) is 17.9. The van der Waals surface area contributed by atoms with E-state index in [0.29, 0.717) is 23.3 Å². The number of hydrogen-bond donors (Lipinski definition) is 0. The molecule has 0 N–H and O–H groups in total. The predicted molar refractivity (Wildman–Crippen MR) is 131 cm³/mol. The van der Waals surface area contributed by atoms with E-state index in [1.54, 1.807) is 72.4 Å². The van der Waals surface area contributed by atoms with Gasteiger partial charge in [-0.25, -0.2) is 9.59 Å². The maximum absolute atomic E-state index is 12.7. The second kappa shape index (κ2) is 11.2. The molecule has 1 saturated heterocycles. The highest BCUT2D eigenvalue weighted by atomic mass is 32.2. The Labute approximate surface area is 205 Å². The highest BCUT2D eigenvalue weighted by Crippen LogP contribution is 2.40. The van der Waals surface area contributed by atoms with Crippen LogP contribution < -0.4 is 0 Å². The number of thioether (sulfide) groups is 2. The lowest BCUT2D eigenvalue weighted by molar-refractivity contribution is -0.384. The van der Waals surface area contributed by atoms with Crippen molar-refractivity contribution in [3.05, 3.63) is 106 Å². The number of non-ortho nitro benzene ring substituents is 1. The van der Waals surface area contributed by atoms with Gasteiger partial charge in [-0.1, -0.05) is 36.4 Å². The number of nitrogens with zero attached hydrogens (tertiary/aromatic N) is 1. The smallest absolute Gasteiger partial charge is 0.338 e. The lowest BCUT2D eigenvalue weighted by Crippen LogP contribution is -2.42. The van der Waals surface area contributed by atoms with Crippen LogP contribution in [-0.2, 0) is 9.47 Å². The fourth-order valence-corrected chi connectivity index (χ4v) is 6.13. The van der Waals surface area contributed by atoms with Crippen LogP contribution in [0.5, 0.6) is 0 Å².